The van der Waals surface area contributed by atoms with Crippen molar-refractivity contribution in [3.63, 3.8) is 0 Å². The quantitative estimate of drug-likeness (QED) is 0.428. The van der Waals surface area contributed by atoms with E-state index in [-0.39, 0.29) is 28.0 Å². The number of nitrogens with two attached hydrogens (primary N) is 1. The van der Waals surface area contributed by atoms with Crippen LogP contribution in [0.1, 0.15) is 40.5 Å². The number of carbonyl (C=O) groups is 1. The number of benzene rings is 1. The maximum atomic E-state index is 15.1. The normalized spacial score (nSPS) is 17.9. The molecule has 2 N–H and O–H groups in total. The van der Waals surface area contributed by atoms with Crippen LogP contribution in [-0.4, -0.2) is 42.0 Å². The van der Waals surface area contributed by atoms with Crippen molar-refractivity contribution in [3.05, 3.63) is 59.4 Å². The summed E-state index contributed by atoms with van der Waals surface area (Å²) in [6.07, 6.45) is -0.0268. The maximum Gasteiger partial charge on any atom is 0.433 e. The highest BCUT2D eigenvalue weighted by Gasteiger charge is 2.43. The van der Waals surface area contributed by atoms with Gasteiger partial charge in [0.15, 0.2) is 0 Å². The van der Waals surface area contributed by atoms with Crippen LogP contribution in [0.15, 0.2) is 41.8 Å². The van der Waals surface area contributed by atoms with Crippen molar-refractivity contribution in [2.45, 2.75) is 36.1 Å². The molecule has 0 bridgehead atoms. The van der Waals surface area contributed by atoms with Crippen LogP contribution in [0.3, 0.4) is 0 Å². The third-order valence-electron chi connectivity index (χ3n) is 6.12. The Hall–Kier alpha value is -3.41. The van der Waals surface area contributed by atoms with E-state index >= 15 is 4.39 Å². The number of amides is 1. The van der Waals surface area contributed by atoms with E-state index in [1.807, 2.05) is 0 Å². The molecular weight excluding hydrogens is 472 g/mol. The highest BCUT2D eigenvalue weighted by atomic mass is 32.2. The molecule has 4 heterocycles. The third kappa shape index (κ3) is 3.27. The third-order valence-corrected chi connectivity index (χ3v) is 7.21. The van der Waals surface area contributed by atoms with Crippen molar-refractivity contribution in [2.24, 2.45) is 0 Å². The van der Waals surface area contributed by atoms with Gasteiger partial charge < -0.3 is 10.6 Å². The molecule has 174 valence electrons. The van der Waals surface area contributed by atoms with E-state index < -0.39 is 29.6 Å². The van der Waals surface area contributed by atoms with Crippen molar-refractivity contribution in [1.82, 2.24) is 24.3 Å². The molecule has 0 saturated heterocycles. The fraction of sp³-hybridized carbons (Fsp3) is 0.273. The number of hydrogen-bond donors (Lipinski definition) is 1. The Morgan fingerprint density at radius 3 is 2.71 bits per heavy atom. The van der Waals surface area contributed by atoms with Gasteiger partial charge in [0.05, 0.1) is 35.2 Å². The number of nitrogens with zero attached hydrogens (tertiary/aromatic N) is 5. The van der Waals surface area contributed by atoms with Crippen LogP contribution in [0.2, 0.25) is 0 Å². The Morgan fingerprint density at radius 2 is 1.97 bits per heavy atom. The molecule has 0 unspecified atom stereocenters. The summed E-state index contributed by atoms with van der Waals surface area (Å²) in [4.78, 5) is 27.3. The SMILES string of the molecule is Nc1nc2cc(F)c(C(=O)N(C3CC3)[C@@H]3CSc4nc(C(F)(F)F)ccc43)cc2n2cncc12. The van der Waals surface area contributed by atoms with Crippen LogP contribution in [0, 0.1) is 5.82 Å². The standard InChI is InChI=1S/C22H16F4N6OS/c23-13-6-14-15(31-9-28-7-16(31)19(27)29-14)5-12(13)21(33)32(10-1-2-10)17-8-34-20-11(17)3-4-18(30-20)22(24,25)26/h3-7,9-10,17H,1-2,8H2,(H2,27,29)/t17-/m1/s1. The van der Waals surface area contributed by atoms with E-state index in [0.29, 0.717) is 22.3 Å². The molecule has 2 aliphatic rings. The van der Waals surface area contributed by atoms with Crippen molar-refractivity contribution >= 4 is 40.0 Å². The first-order chi connectivity index (χ1) is 16.2. The molecule has 1 fully saturated rings. The van der Waals surface area contributed by atoms with E-state index in [4.69, 9.17) is 5.73 Å². The topological polar surface area (TPSA) is 89.4 Å². The summed E-state index contributed by atoms with van der Waals surface area (Å²) >= 11 is 1.17. The van der Waals surface area contributed by atoms with Gasteiger partial charge >= 0.3 is 6.18 Å². The number of hydrogen-bond acceptors (Lipinski definition) is 6. The second-order valence-electron chi connectivity index (χ2n) is 8.33. The van der Waals surface area contributed by atoms with E-state index in [0.717, 1.165) is 25.0 Å². The van der Waals surface area contributed by atoms with E-state index in [1.165, 1.54) is 36.4 Å². The fourth-order valence-corrected chi connectivity index (χ4v) is 5.56. The molecule has 1 amide bonds. The molecular formula is C22H16F4N6OS. The molecule has 1 saturated carbocycles. The number of aromatic nitrogens is 4. The largest absolute Gasteiger partial charge is 0.433 e. The number of pyridine rings is 1. The van der Waals surface area contributed by atoms with E-state index in [9.17, 15) is 18.0 Å². The molecule has 1 aromatic carbocycles. The average Bonchev–Trinajstić information content (AvgIpc) is 3.32. The number of rotatable bonds is 3. The van der Waals surface area contributed by atoms with Crippen LogP contribution in [-0.2, 0) is 6.18 Å². The zero-order chi connectivity index (χ0) is 23.8. The number of anilines is 1. The van der Waals surface area contributed by atoms with Gasteiger partial charge in [-0.25, -0.2) is 19.3 Å². The molecule has 1 aliphatic heterocycles. The molecule has 34 heavy (non-hydrogen) atoms. The molecule has 0 radical (unpaired) electrons. The van der Waals surface area contributed by atoms with Crippen LogP contribution >= 0.6 is 11.8 Å². The Morgan fingerprint density at radius 1 is 1.18 bits per heavy atom. The van der Waals surface area contributed by atoms with Crippen molar-refractivity contribution in [3.8, 4) is 0 Å². The number of carbonyl (C=O) groups excluding carboxylic acids is 1. The first kappa shape index (κ1) is 21.1. The number of fused-ring (bicyclic) bond motifs is 4. The zero-order valence-electron chi connectivity index (χ0n) is 17.4. The summed E-state index contributed by atoms with van der Waals surface area (Å²) in [5.41, 5.74) is 6.65. The molecule has 1 atom stereocenters. The Kier molecular flexibility index (Phi) is 4.54. The van der Waals surface area contributed by atoms with Gasteiger partial charge in [-0.1, -0.05) is 6.07 Å². The lowest BCUT2D eigenvalue weighted by Gasteiger charge is -2.29. The Bertz CT molecular complexity index is 1480. The highest BCUT2D eigenvalue weighted by molar-refractivity contribution is 7.99. The van der Waals surface area contributed by atoms with Gasteiger partial charge in [0.2, 0.25) is 0 Å². The molecule has 1 aliphatic carbocycles. The summed E-state index contributed by atoms with van der Waals surface area (Å²) in [5, 5.41) is 0.247. The minimum absolute atomic E-state index is 0.112. The molecule has 7 nitrogen and oxygen atoms in total. The number of halogens is 4. The van der Waals surface area contributed by atoms with Crippen LogP contribution in [0.4, 0.5) is 23.4 Å². The smallest absolute Gasteiger partial charge is 0.382 e. The van der Waals surface area contributed by atoms with Crippen molar-refractivity contribution in [1.29, 1.82) is 0 Å². The van der Waals surface area contributed by atoms with Crippen LogP contribution < -0.4 is 5.73 Å². The summed E-state index contributed by atoms with van der Waals surface area (Å²) in [7, 11) is 0. The van der Waals surface area contributed by atoms with Gasteiger partial charge in [-0.05, 0) is 25.0 Å². The first-order valence-electron chi connectivity index (χ1n) is 10.5. The molecule has 4 aromatic rings. The van der Waals surface area contributed by atoms with Crippen molar-refractivity contribution in [2.75, 3.05) is 11.5 Å². The van der Waals surface area contributed by atoms with Crippen LogP contribution in [0.25, 0.3) is 16.6 Å². The molecule has 12 heteroatoms. The number of imidazole rings is 1. The molecule has 6 rings (SSSR count). The van der Waals surface area contributed by atoms with E-state index in [2.05, 4.69) is 15.0 Å². The lowest BCUT2D eigenvalue weighted by Crippen LogP contribution is -2.37. The van der Waals surface area contributed by atoms with Gasteiger partial charge in [0, 0.05) is 23.4 Å². The van der Waals surface area contributed by atoms with Gasteiger partial charge in [-0.3, -0.25) is 9.20 Å². The molecule has 3 aromatic heterocycles. The summed E-state index contributed by atoms with van der Waals surface area (Å²) in [6, 6.07) is 4.28. The lowest BCUT2D eigenvalue weighted by molar-refractivity contribution is -0.141. The van der Waals surface area contributed by atoms with Gasteiger partial charge in [-0.2, -0.15) is 13.2 Å². The number of nitrogen functional groups attached to an aromatic ring is 1. The van der Waals surface area contributed by atoms with Gasteiger partial charge in [0.25, 0.3) is 5.91 Å². The number of alkyl halides is 3. The highest BCUT2D eigenvalue weighted by Crippen LogP contribution is 2.46. The number of thioether (sulfide) groups is 1. The Labute approximate surface area is 194 Å². The predicted molar refractivity (Wildman–Crippen MR) is 117 cm³/mol. The van der Waals surface area contributed by atoms with E-state index in [1.54, 1.807) is 9.30 Å². The van der Waals surface area contributed by atoms with Crippen molar-refractivity contribution < 1.29 is 22.4 Å². The predicted octanol–water partition coefficient (Wildman–Crippen LogP) is 4.47. The lowest BCUT2D eigenvalue weighted by atomic mass is 10.1. The summed E-state index contributed by atoms with van der Waals surface area (Å²) in [6.45, 7) is 0. The summed E-state index contributed by atoms with van der Waals surface area (Å²) in [5.74, 6) is -0.727. The first-order valence-corrected chi connectivity index (χ1v) is 11.5. The van der Waals surface area contributed by atoms with Crippen LogP contribution in [0.5, 0.6) is 0 Å². The maximum absolute atomic E-state index is 15.1. The second kappa shape index (κ2) is 7.29. The average molecular weight is 488 g/mol. The van der Waals surface area contributed by atoms with Gasteiger partial charge in [0.1, 0.15) is 27.9 Å². The van der Waals surface area contributed by atoms with Gasteiger partial charge in [-0.15, -0.1) is 11.8 Å². The summed E-state index contributed by atoms with van der Waals surface area (Å²) < 4.78 is 56.0. The monoisotopic (exact) mass is 488 g/mol. The fourth-order valence-electron chi connectivity index (χ4n) is 4.37. The molecule has 0 spiro atoms. The Balaban J connectivity index is 1.42. The second-order valence-corrected chi connectivity index (χ2v) is 9.33. The zero-order valence-corrected chi connectivity index (χ0v) is 18.2. The minimum atomic E-state index is -4.55. The minimum Gasteiger partial charge on any atom is -0.382 e.